The summed E-state index contributed by atoms with van der Waals surface area (Å²) >= 11 is 0. The van der Waals surface area contributed by atoms with Gasteiger partial charge in [0.1, 0.15) is 6.54 Å². The number of aromatic nitrogens is 1. The Kier molecular flexibility index (Phi) is 5.14. The molecule has 1 aliphatic rings. The van der Waals surface area contributed by atoms with Gasteiger partial charge in [-0.25, -0.2) is 4.98 Å². The number of fused-ring (bicyclic) bond motifs is 1. The summed E-state index contributed by atoms with van der Waals surface area (Å²) in [6, 6.07) is 3.50. The van der Waals surface area contributed by atoms with Crippen LogP contribution in [0.15, 0.2) is 18.3 Å². The van der Waals surface area contributed by atoms with Crippen molar-refractivity contribution in [2.24, 2.45) is 0 Å². The highest BCUT2D eigenvalue weighted by atomic mass is 16.5. The van der Waals surface area contributed by atoms with E-state index in [9.17, 15) is 9.59 Å². The lowest BCUT2D eigenvalue weighted by atomic mass is 10.3. The first kappa shape index (κ1) is 15.3. The summed E-state index contributed by atoms with van der Waals surface area (Å²) in [4.78, 5) is 31.7. The van der Waals surface area contributed by atoms with E-state index in [1.54, 1.807) is 23.2 Å². The van der Waals surface area contributed by atoms with Crippen LogP contribution in [0.1, 0.15) is 26.7 Å². The molecule has 1 aliphatic heterocycles. The molecule has 0 fully saturated rings. The third-order valence-electron chi connectivity index (χ3n) is 3.47. The maximum Gasteiger partial charge on any atom is 0.266 e. The number of pyridine rings is 1. The van der Waals surface area contributed by atoms with Gasteiger partial charge in [-0.3, -0.25) is 14.5 Å². The molecular formula is C15H21N3O3. The zero-order valence-corrected chi connectivity index (χ0v) is 12.5. The van der Waals surface area contributed by atoms with Gasteiger partial charge in [-0.1, -0.05) is 13.3 Å². The molecule has 2 heterocycles. The van der Waals surface area contributed by atoms with Crippen molar-refractivity contribution in [2.75, 3.05) is 31.1 Å². The first-order chi connectivity index (χ1) is 10.2. The maximum absolute atomic E-state index is 12.4. The summed E-state index contributed by atoms with van der Waals surface area (Å²) in [6.45, 7) is 5.37. The molecule has 0 atom stereocenters. The Balaban J connectivity index is 2.11. The van der Waals surface area contributed by atoms with Crippen molar-refractivity contribution in [2.45, 2.75) is 26.7 Å². The van der Waals surface area contributed by atoms with Crippen LogP contribution >= 0.6 is 0 Å². The highest BCUT2D eigenvalue weighted by Crippen LogP contribution is 2.28. The first-order valence-electron chi connectivity index (χ1n) is 7.33. The van der Waals surface area contributed by atoms with Gasteiger partial charge in [0.2, 0.25) is 5.91 Å². The molecule has 0 saturated carbocycles. The van der Waals surface area contributed by atoms with Gasteiger partial charge >= 0.3 is 0 Å². The van der Waals surface area contributed by atoms with Gasteiger partial charge in [-0.2, -0.15) is 0 Å². The molecule has 0 bridgehead atoms. The lowest BCUT2D eigenvalue weighted by molar-refractivity contribution is -0.132. The zero-order valence-electron chi connectivity index (χ0n) is 12.5. The number of hydrogen-bond acceptors (Lipinski definition) is 4. The monoisotopic (exact) mass is 291 g/mol. The van der Waals surface area contributed by atoms with E-state index in [0.29, 0.717) is 18.1 Å². The molecule has 2 amide bonds. The minimum absolute atomic E-state index is 0.0176. The minimum atomic E-state index is -0.235. The molecule has 21 heavy (non-hydrogen) atoms. The molecule has 6 nitrogen and oxygen atoms in total. The molecule has 1 aromatic heterocycles. The van der Waals surface area contributed by atoms with Gasteiger partial charge in [0.15, 0.2) is 18.2 Å². The fourth-order valence-electron chi connectivity index (χ4n) is 2.24. The summed E-state index contributed by atoms with van der Waals surface area (Å²) in [7, 11) is 0. The largest absolute Gasteiger partial charge is 0.480 e. The third kappa shape index (κ3) is 3.51. The van der Waals surface area contributed by atoms with E-state index in [4.69, 9.17) is 4.74 Å². The molecule has 0 unspecified atom stereocenters. The summed E-state index contributed by atoms with van der Waals surface area (Å²) < 4.78 is 5.32. The van der Waals surface area contributed by atoms with Crippen molar-refractivity contribution in [3.8, 4) is 5.75 Å². The highest BCUT2D eigenvalue weighted by molar-refractivity contribution is 6.01. The van der Waals surface area contributed by atoms with Crippen molar-refractivity contribution in [3.05, 3.63) is 18.3 Å². The number of carbonyl (C=O) groups is 2. The van der Waals surface area contributed by atoms with Crippen LogP contribution in [0.5, 0.6) is 5.75 Å². The van der Waals surface area contributed by atoms with Crippen LogP contribution in [-0.4, -0.2) is 47.9 Å². The predicted octanol–water partition coefficient (Wildman–Crippen LogP) is 1.46. The lowest BCUT2D eigenvalue weighted by Crippen LogP contribution is -2.47. The quantitative estimate of drug-likeness (QED) is 0.796. The second-order valence-corrected chi connectivity index (χ2v) is 4.92. The Morgan fingerprint density at radius 3 is 3.00 bits per heavy atom. The van der Waals surface area contributed by atoms with Crippen molar-refractivity contribution < 1.29 is 14.3 Å². The number of hydrogen-bond donors (Lipinski definition) is 0. The molecule has 0 spiro atoms. The van der Waals surface area contributed by atoms with Crippen molar-refractivity contribution in [3.63, 3.8) is 0 Å². The number of unbranched alkanes of at least 4 members (excludes halogenated alkanes) is 1. The number of nitrogens with zero attached hydrogens (tertiary/aromatic N) is 3. The zero-order chi connectivity index (χ0) is 15.2. The molecule has 1 aromatic rings. The number of anilines is 1. The van der Waals surface area contributed by atoms with E-state index >= 15 is 0 Å². The molecule has 6 heteroatoms. The highest BCUT2D eigenvalue weighted by Gasteiger charge is 2.29. The average molecular weight is 291 g/mol. The molecular weight excluding hydrogens is 270 g/mol. The molecule has 114 valence electrons. The van der Waals surface area contributed by atoms with E-state index in [2.05, 4.69) is 11.9 Å². The van der Waals surface area contributed by atoms with Crippen LogP contribution in [0.3, 0.4) is 0 Å². The van der Waals surface area contributed by atoms with E-state index in [0.717, 1.165) is 19.4 Å². The molecule has 0 saturated heterocycles. The average Bonchev–Trinajstić information content (AvgIpc) is 2.51. The van der Waals surface area contributed by atoms with Gasteiger partial charge in [-0.15, -0.1) is 0 Å². The lowest BCUT2D eigenvalue weighted by Gasteiger charge is -2.29. The minimum Gasteiger partial charge on any atom is -0.480 e. The van der Waals surface area contributed by atoms with Gasteiger partial charge in [0.05, 0.1) is 0 Å². The molecule has 0 N–H and O–H groups in total. The Bertz CT molecular complexity index is 519. The summed E-state index contributed by atoms with van der Waals surface area (Å²) in [5.41, 5.74) is 0. The Morgan fingerprint density at radius 1 is 1.48 bits per heavy atom. The van der Waals surface area contributed by atoms with E-state index in [1.807, 2.05) is 6.92 Å². The van der Waals surface area contributed by atoms with Gasteiger partial charge in [0, 0.05) is 19.3 Å². The van der Waals surface area contributed by atoms with Crippen LogP contribution < -0.4 is 9.64 Å². The maximum atomic E-state index is 12.4. The Labute approximate surface area is 124 Å². The summed E-state index contributed by atoms with van der Waals surface area (Å²) in [5, 5.41) is 0. The van der Waals surface area contributed by atoms with Crippen molar-refractivity contribution >= 4 is 17.6 Å². The van der Waals surface area contributed by atoms with Crippen LogP contribution in [0.2, 0.25) is 0 Å². The van der Waals surface area contributed by atoms with Gasteiger partial charge in [0.25, 0.3) is 5.91 Å². The molecule has 0 radical (unpaired) electrons. The summed E-state index contributed by atoms with van der Waals surface area (Å²) in [5.74, 6) is 0.675. The predicted molar refractivity (Wildman–Crippen MR) is 79.2 cm³/mol. The standard InChI is InChI=1S/C15H21N3O3/c1-3-5-9-17(4-2)13(19)10-18-14(20)11-21-12-7-6-8-16-15(12)18/h6-8H,3-5,9-11H2,1-2H3. The van der Waals surface area contributed by atoms with Crippen molar-refractivity contribution in [1.29, 1.82) is 0 Å². The molecule has 0 aliphatic carbocycles. The fraction of sp³-hybridized carbons (Fsp3) is 0.533. The number of likely N-dealkylation sites (N-methyl/N-ethyl adjacent to an activating group) is 1. The van der Waals surface area contributed by atoms with E-state index in [1.165, 1.54) is 4.90 Å². The SMILES string of the molecule is CCCCN(CC)C(=O)CN1C(=O)COc2cccnc21. The normalized spacial score (nSPS) is 13.6. The first-order valence-corrected chi connectivity index (χ1v) is 7.33. The summed E-state index contributed by atoms with van der Waals surface area (Å²) in [6.07, 6.45) is 3.59. The number of ether oxygens (including phenoxy) is 1. The molecule has 0 aromatic carbocycles. The van der Waals surface area contributed by atoms with Gasteiger partial charge in [-0.05, 0) is 25.5 Å². The van der Waals surface area contributed by atoms with E-state index in [-0.39, 0.29) is 25.0 Å². The number of rotatable bonds is 6. The topological polar surface area (TPSA) is 62.7 Å². The van der Waals surface area contributed by atoms with Gasteiger partial charge < -0.3 is 9.64 Å². The molecule has 2 rings (SSSR count). The van der Waals surface area contributed by atoms with Crippen LogP contribution in [0, 0.1) is 0 Å². The van der Waals surface area contributed by atoms with Crippen molar-refractivity contribution in [1.82, 2.24) is 9.88 Å². The smallest absolute Gasteiger partial charge is 0.266 e. The van der Waals surface area contributed by atoms with Crippen LogP contribution in [0.25, 0.3) is 0 Å². The number of amides is 2. The van der Waals surface area contributed by atoms with E-state index < -0.39 is 0 Å². The Morgan fingerprint density at radius 2 is 2.29 bits per heavy atom. The Hall–Kier alpha value is -2.11. The third-order valence-corrected chi connectivity index (χ3v) is 3.47. The second kappa shape index (κ2) is 7.06. The second-order valence-electron chi connectivity index (χ2n) is 4.92. The van der Waals surface area contributed by atoms with Crippen LogP contribution in [0.4, 0.5) is 5.82 Å². The number of carbonyl (C=O) groups excluding carboxylic acids is 2. The fourth-order valence-corrected chi connectivity index (χ4v) is 2.24. The van der Waals surface area contributed by atoms with Crippen LogP contribution in [-0.2, 0) is 9.59 Å².